The maximum atomic E-state index is 12.1. The van der Waals surface area contributed by atoms with E-state index in [1.54, 1.807) is 36.5 Å². The Hall–Kier alpha value is -1.17. The number of thiophene rings is 1. The zero-order valence-corrected chi connectivity index (χ0v) is 11.9. The summed E-state index contributed by atoms with van der Waals surface area (Å²) in [5, 5.41) is 0. The van der Waals surface area contributed by atoms with Crippen molar-refractivity contribution in [1.29, 1.82) is 0 Å². The largest absolute Gasteiger partial charge is 0.241 e. The van der Waals surface area contributed by atoms with Crippen molar-refractivity contribution in [3.05, 3.63) is 51.7 Å². The molecule has 5 heteroatoms. The van der Waals surface area contributed by atoms with Crippen molar-refractivity contribution in [2.75, 3.05) is 0 Å². The highest BCUT2D eigenvalue weighted by Gasteiger charge is 2.15. The molecule has 0 aliphatic carbocycles. The molecular formula is C13H15NO2S2. The van der Waals surface area contributed by atoms with Crippen LogP contribution < -0.4 is 4.72 Å². The van der Waals surface area contributed by atoms with Crippen LogP contribution in [0, 0.1) is 13.8 Å². The summed E-state index contributed by atoms with van der Waals surface area (Å²) in [6.45, 7) is 4.14. The molecule has 0 spiro atoms. The zero-order chi connectivity index (χ0) is 13.2. The number of nitrogens with one attached hydrogen (secondary N) is 1. The number of sulfonamides is 1. The monoisotopic (exact) mass is 281 g/mol. The Kier molecular flexibility index (Phi) is 3.85. The van der Waals surface area contributed by atoms with Crippen LogP contribution in [0.15, 0.2) is 41.3 Å². The van der Waals surface area contributed by atoms with E-state index in [0.29, 0.717) is 11.4 Å². The summed E-state index contributed by atoms with van der Waals surface area (Å²) in [4.78, 5) is 2.54. The minimum Gasteiger partial charge on any atom is -0.207 e. The van der Waals surface area contributed by atoms with Crippen LogP contribution in [-0.4, -0.2) is 8.42 Å². The van der Waals surface area contributed by atoms with Gasteiger partial charge in [-0.1, -0.05) is 18.2 Å². The first-order valence-corrected chi connectivity index (χ1v) is 7.89. The normalized spacial score (nSPS) is 11.7. The van der Waals surface area contributed by atoms with Crippen molar-refractivity contribution in [1.82, 2.24) is 4.72 Å². The third-order valence-electron chi connectivity index (χ3n) is 2.62. The average Bonchev–Trinajstić information content (AvgIpc) is 2.73. The van der Waals surface area contributed by atoms with Gasteiger partial charge in [0.25, 0.3) is 0 Å². The Morgan fingerprint density at radius 2 is 1.83 bits per heavy atom. The maximum absolute atomic E-state index is 12.1. The van der Waals surface area contributed by atoms with Gasteiger partial charge in [0.05, 0.1) is 4.90 Å². The number of hydrogen-bond donors (Lipinski definition) is 1. The minimum atomic E-state index is -3.42. The van der Waals surface area contributed by atoms with Crippen molar-refractivity contribution < 1.29 is 8.42 Å². The van der Waals surface area contributed by atoms with Crippen LogP contribution in [0.1, 0.15) is 15.3 Å². The van der Waals surface area contributed by atoms with E-state index >= 15 is 0 Å². The molecule has 1 aromatic heterocycles. The molecule has 0 unspecified atom stereocenters. The molecule has 2 rings (SSSR count). The SMILES string of the molecule is Cc1ccc(CNS(=O)(=O)c2ccccc2C)s1. The first-order chi connectivity index (χ1) is 8.49. The highest BCUT2D eigenvalue weighted by Crippen LogP contribution is 2.17. The number of hydrogen-bond acceptors (Lipinski definition) is 3. The van der Waals surface area contributed by atoms with E-state index in [1.165, 1.54) is 4.88 Å². The molecule has 0 amide bonds. The number of aryl methyl sites for hydroxylation is 2. The summed E-state index contributed by atoms with van der Waals surface area (Å²) >= 11 is 1.60. The van der Waals surface area contributed by atoms with Gasteiger partial charge in [0, 0.05) is 16.3 Å². The van der Waals surface area contributed by atoms with Crippen LogP contribution in [0.25, 0.3) is 0 Å². The van der Waals surface area contributed by atoms with Crippen molar-refractivity contribution >= 4 is 21.4 Å². The molecule has 0 saturated carbocycles. The lowest BCUT2D eigenvalue weighted by atomic mass is 10.2. The Balaban J connectivity index is 2.16. The Morgan fingerprint density at radius 1 is 1.11 bits per heavy atom. The van der Waals surface area contributed by atoms with Gasteiger partial charge in [0.15, 0.2) is 0 Å². The lowest BCUT2D eigenvalue weighted by molar-refractivity contribution is 0.581. The molecule has 0 fully saturated rings. The van der Waals surface area contributed by atoms with E-state index in [1.807, 2.05) is 25.1 Å². The van der Waals surface area contributed by atoms with Gasteiger partial charge in [-0.3, -0.25) is 0 Å². The molecule has 96 valence electrons. The summed E-state index contributed by atoms with van der Waals surface area (Å²) < 4.78 is 26.9. The molecule has 18 heavy (non-hydrogen) atoms. The summed E-state index contributed by atoms with van der Waals surface area (Å²) in [5.74, 6) is 0. The number of benzene rings is 1. The molecule has 0 saturated heterocycles. The molecular weight excluding hydrogens is 266 g/mol. The average molecular weight is 281 g/mol. The molecule has 1 heterocycles. The van der Waals surface area contributed by atoms with Crippen molar-refractivity contribution in [2.45, 2.75) is 25.3 Å². The van der Waals surface area contributed by atoms with Gasteiger partial charge in [-0.05, 0) is 37.6 Å². The van der Waals surface area contributed by atoms with Gasteiger partial charge in [0.1, 0.15) is 0 Å². The number of rotatable bonds is 4. The topological polar surface area (TPSA) is 46.2 Å². The molecule has 0 bridgehead atoms. The second-order valence-electron chi connectivity index (χ2n) is 4.10. The van der Waals surface area contributed by atoms with Crippen molar-refractivity contribution in [2.24, 2.45) is 0 Å². The Labute approximate surface area is 112 Å². The Bertz CT molecular complexity index is 645. The molecule has 3 nitrogen and oxygen atoms in total. The van der Waals surface area contributed by atoms with E-state index < -0.39 is 10.0 Å². The summed E-state index contributed by atoms with van der Waals surface area (Å²) in [7, 11) is -3.42. The molecule has 1 N–H and O–H groups in total. The van der Waals surface area contributed by atoms with Gasteiger partial charge >= 0.3 is 0 Å². The molecule has 0 atom stereocenters. The molecule has 0 aliphatic rings. The van der Waals surface area contributed by atoms with Crippen LogP contribution >= 0.6 is 11.3 Å². The van der Waals surface area contributed by atoms with Crippen LogP contribution in [0.3, 0.4) is 0 Å². The first-order valence-electron chi connectivity index (χ1n) is 5.59. The predicted octanol–water partition coefficient (Wildman–Crippen LogP) is 2.84. The van der Waals surface area contributed by atoms with E-state index in [0.717, 1.165) is 10.4 Å². The van der Waals surface area contributed by atoms with Crippen LogP contribution in [0.4, 0.5) is 0 Å². The summed E-state index contributed by atoms with van der Waals surface area (Å²) in [5.41, 5.74) is 0.757. The summed E-state index contributed by atoms with van der Waals surface area (Å²) in [6.07, 6.45) is 0. The van der Waals surface area contributed by atoms with Crippen LogP contribution in [0.2, 0.25) is 0 Å². The quantitative estimate of drug-likeness (QED) is 0.936. The third kappa shape index (κ3) is 2.98. The molecule has 0 aliphatic heterocycles. The van der Waals surface area contributed by atoms with Gasteiger partial charge in [-0.25, -0.2) is 13.1 Å². The second kappa shape index (κ2) is 5.22. The van der Waals surface area contributed by atoms with Crippen LogP contribution in [-0.2, 0) is 16.6 Å². The van der Waals surface area contributed by atoms with Gasteiger partial charge in [0.2, 0.25) is 10.0 Å². The lowest BCUT2D eigenvalue weighted by Gasteiger charge is -2.08. The minimum absolute atomic E-state index is 0.342. The van der Waals surface area contributed by atoms with Gasteiger partial charge in [-0.15, -0.1) is 11.3 Å². The zero-order valence-electron chi connectivity index (χ0n) is 10.3. The predicted molar refractivity (Wildman–Crippen MR) is 74.3 cm³/mol. The highest BCUT2D eigenvalue weighted by molar-refractivity contribution is 7.89. The second-order valence-corrected chi connectivity index (χ2v) is 7.21. The maximum Gasteiger partial charge on any atom is 0.241 e. The fourth-order valence-electron chi connectivity index (χ4n) is 1.68. The van der Waals surface area contributed by atoms with E-state index in [-0.39, 0.29) is 0 Å². The van der Waals surface area contributed by atoms with Gasteiger partial charge in [-0.2, -0.15) is 0 Å². The highest BCUT2D eigenvalue weighted by atomic mass is 32.2. The smallest absolute Gasteiger partial charge is 0.207 e. The first kappa shape index (κ1) is 13.3. The summed E-state index contributed by atoms with van der Waals surface area (Å²) in [6, 6.07) is 10.9. The molecule has 1 aromatic carbocycles. The van der Waals surface area contributed by atoms with Crippen molar-refractivity contribution in [3.8, 4) is 0 Å². The fourth-order valence-corrected chi connectivity index (χ4v) is 3.85. The Morgan fingerprint density at radius 3 is 2.44 bits per heavy atom. The fraction of sp³-hybridized carbons (Fsp3) is 0.231. The molecule has 0 radical (unpaired) electrons. The lowest BCUT2D eigenvalue weighted by Crippen LogP contribution is -2.23. The third-order valence-corrected chi connectivity index (χ3v) is 5.18. The van der Waals surface area contributed by atoms with Crippen LogP contribution in [0.5, 0.6) is 0 Å². The molecule has 2 aromatic rings. The van der Waals surface area contributed by atoms with Gasteiger partial charge < -0.3 is 0 Å². The standard InChI is InChI=1S/C13H15NO2S2/c1-10-5-3-4-6-13(10)18(15,16)14-9-12-8-7-11(2)17-12/h3-8,14H,9H2,1-2H3. The van der Waals surface area contributed by atoms with E-state index in [2.05, 4.69) is 4.72 Å². The van der Waals surface area contributed by atoms with E-state index in [9.17, 15) is 8.42 Å². The van der Waals surface area contributed by atoms with E-state index in [4.69, 9.17) is 0 Å². The van der Waals surface area contributed by atoms with Crippen molar-refractivity contribution in [3.63, 3.8) is 0 Å².